The predicted molar refractivity (Wildman–Crippen MR) is 73.1 cm³/mol. The quantitative estimate of drug-likeness (QED) is 0.662. The smallest absolute Gasteiger partial charge is 0.343 e. The van der Waals surface area contributed by atoms with Gasteiger partial charge in [-0.1, -0.05) is 11.3 Å². The summed E-state index contributed by atoms with van der Waals surface area (Å²) in [6.45, 7) is 4.42. The van der Waals surface area contributed by atoms with E-state index in [1.165, 1.54) is 23.6 Å². The number of thiophene rings is 1. The van der Waals surface area contributed by atoms with Crippen LogP contribution in [-0.4, -0.2) is 22.4 Å². The first-order chi connectivity index (χ1) is 9.12. The highest BCUT2D eigenvalue weighted by Crippen LogP contribution is 2.27. The molecule has 0 radical (unpaired) electrons. The number of esters is 1. The molecule has 0 atom stereocenters. The molecule has 0 saturated carbocycles. The molecule has 19 heavy (non-hydrogen) atoms. The summed E-state index contributed by atoms with van der Waals surface area (Å²) in [6, 6.07) is 1.53. The van der Waals surface area contributed by atoms with Gasteiger partial charge in [-0.3, -0.25) is 15.5 Å². The van der Waals surface area contributed by atoms with Crippen LogP contribution in [0.3, 0.4) is 0 Å². The number of carbonyl (C=O) groups is 1. The minimum atomic E-state index is -0.624. The molecule has 2 heterocycles. The third kappa shape index (κ3) is 2.34. The van der Waals surface area contributed by atoms with Crippen molar-refractivity contribution in [1.29, 1.82) is 0 Å². The summed E-state index contributed by atoms with van der Waals surface area (Å²) in [6.07, 6.45) is 1.50. The maximum Gasteiger partial charge on any atom is 0.343 e. The Morgan fingerprint density at radius 2 is 2.26 bits per heavy atom. The van der Waals surface area contributed by atoms with Crippen LogP contribution in [0, 0.1) is 0 Å². The van der Waals surface area contributed by atoms with Crippen LogP contribution in [0.2, 0.25) is 0 Å². The molecule has 2 N–H and O–H groups in total. The Bertz CT molecular complexity index is 674. The number of hydrogen-bond donors (Lipinski definition) is 2. The first kappa shape index (κ1) is 13.6. The third-order valence-corrected chi connectivity index (χ3v) is 3.77. The summed E-state index contributed by atoms with van der Waals surface area (Å²) in [4.78, 5) is 24.7. The Morgan fingerprint density at radius 1 is 1.53 bits per heavy atom. The maximum absolute atomic E-state index is 12.2. The number of aryl methyl sites for hydroxylation is 1. The molecule has 102 valence electrons. The first-order valence-corrected chi connectivity index (χ1v) is 6.68. The van der Waals surface area contributed by atoms with Gasteiger partial charge in [0.15, 0.2) is 0 Å². The molecule has 0 aliphatic heterocycles. The third-order valence-electron chi connectivity index (χ3n) is 2.69. The predicted octanol–water partition coefficient (Wildman–Crippen LogP) is 2.06. The number of fused-ring (bicyclic) bond motifs is 1. The molecular formula is C12H14N2O4S. The molecule has 2 rings (SSSR count). The lowest BCUT2D eigenvalue weighted by atomic mass is 10.2. The summed E-state index contributed by atoms with van der Waals surface area (Å²) < 4.78 is 6.66. The van der Waals surface area contributed by atoms with Crippen molar-refractivity contribution in [2.45, 2.75) is 20.4 Å². The van der Waals surface area contributed by atoms with Crippen LogP contribution >= 0.6 is 11.3 Å². The van der Waals surface area contributed by atoms with Crippen LogP contribution in [0.5, 0.6) is 0 Å². The van der Waals surface area contributed by atoms with Gasteiger partial charge in [0.1, 0.15) is 15.4 Å². The van der Waals surface area contributed by atoms with Gasteiger partial charge in [-0.15, -0.1) is 0 Å². The highest BCUT2D eigenvalue weighted by atomic mass is 32.1. The number of pyridine rings is 1. The molecule has 6 nitrogen and oxygen atoms in total. The lowest BCUT2D eigenvalue weighted by Crippen LogP contribution is -2.19. The van der Waals surface area contributed by atoms with E-state index in [-0.39, 0.29) is 17.6 Å². The first-order valence-electron chi connectivity index (χ1n) is 5.86. The maximum atomic E-state index is 12.2. The highest BCUT2D eigenvalue weighted by Gasteiger charge is 2.18. The van der Waals surface area contributed by atoms with Gasteiger partial charge < -0.3 is 9.30 Å². The second-order valence-corrected chi connectivity index (χ2v) is 4.85. The summed E-state index contributed by atoms with van der Waals surface area (Å²) >= 11 is 1.25. The minimum absolute atomic E-state index is 0.0125. The molecule has 0 aliphatic carbocycles. The van der Waals surface area contributed by atoms with Crippen LogP contribution in [-0.2, 0) is 11.3 Å². The number of nitrogens with one attached hydrogen (secondary N) is 1. The second kappa shape index (κ2) is 5.41. The van der Waals surface area contributed by atoms with Gasteiger partial charge in [0, 0.05) is 12.7 Å². The zero-order valence-electron chi connectivity index (χ0n) is 10.6. The van der Waals surface area contributed by atoms with E-state index in [9.17, 15) is 9.59 Å². The standard InChI is InChI=1S/C12H14N2O4S/c1-3-14-6-8(12(16)18-4-2)10(15)7-5-9(13-17)19-11(7)14/h5-6,13,17H,3-4H2,1-2H3. The summed E-state index contributed by atoms with van der Waals surface area (Å²) in [5, 5.41) is 9.76. The van der Waals surface area contributed by atoms with Gasteiger partial charge in [-0.2, -0.15) is 0 Å². The van der Waals surface area contributed by atoms with Crippen molar-refractivity contribution in [2.75, 3.05) is 12.1 Å². The van der Waals surface area contributed by atoms with E-state index in [1.54, 1.807) is 11.5 Å². The van der Waals surface area contributed by atoms with Gasteiger partial charge in [-0.05, 0) is 19.9 Å². The van der Waals surface area contributed by atoms with Gasteiger partial charge in [0.2, 0.25) is 5.43 Å². The molecular weight excluding hydrogens is 268 g/mol. The van der Waals surface area contributed by atoms with E-state index in [0.717, 1.165) is 0 Å². The Morgan fingerprint density at radius 3 is 2.84 bits per heavy atom. The fourth-order valence-corrected chi connectivity index (χ4v) is 2.81. The highest BCUT2D eigenvalue weighted by molar-refractivity contribution is 7.22. The molecule has 0 aliphatic rings. The number of ether oxygens (including phenoxy) is 1. The zero-order valence-corrected chi connectivity index (χ0v) is 11.4. The topological polar surface area (TPSA) is 80.6 Å². The summed E-state index contributed by atoms with van der Waals surface area (Å²) in [7, 11) is 0. The molecule has 0 spiro atoms. The molecule has 0 amide bonds. The van der Waals surface area contributed by atoms with E-state index in [2.05, 4.69) is 0 Å². The van der Waals surface area contributed by atoms with Crippen LogP contribution in [0.4, 0.5) is 5.00 Å². The zero-order chi connectivity index (χ0) is 14.0. The molecule has 0 unspecified atom stereocenters. The minimum Gasteiger partial charge on any atom is -0.462 e. The number of aromatic nitrogens is 1. The van der Waals surface area contributed by atoms with Crippen molar-refractivity contribution in [3.05, 3.63) is 28.0 Å². The van der Waals surface area contributed by atoms with Crippen molar-refractivity contribution in [3.63, 3.8) is 0 Å². The largest absolute Gasteiger partial charge is 0.462 e. The lowest BCUT2D eigenvalue weighted by molar-refractivity contribution is 0.0524. The molecule has 7 heteroatoms. The average molecular weight is 282 g/mol. The normalized spacial score (nSPS) is 10.7. The summed E-state index contributed by atoms with van der Waals surface area (Å²) in [5.74, 6) is -0.624. The van der Waals surface area contributed by atoms with Gasteiger partial charge in [0.25, 0.3) is 0 Å². The van der Waals surface area contributed by atoms with Gasteiger partial charge in [0.05, 0.1) is 12.0 Å². The van der Waals surface area contributed by atoms with E-state index in [1.807, 2.05) is 12.4 Å². The number of nitrogens with zero attached hydrogens (tertiary/aromatic N) is 1. The van der Waals surface area contributed by atoms with E-state index < -0.39 is 5.97 Å². The Hall–Kier alpha value is -1.86. The molecule has 2 aromatic rings. The molecule has 0 fully saturated rings. The van der Waals surface area contributed by atoms with Crippen LogP contribution < -0.4 is 10.9 Å². The van der Waals surface area contributed by atoms with Gasteiger partial charge >= 0.3 is 5.97 Å². The lowest BCUT2D eigenvalue weighted by Gasteiger charge is -2.07. The Kier molecular flexibility index (Phi) is 3.87. The van der Waals surface area contributed by atoms with Gasteiger partial charge in [-0.25, -0.2) is 4.79 Å². The Balaban J connectivity index is 2.70. The summed E-state index contributed by atoms with van der Waals surface area (Å²) in [5.41, 5.74) is 1.65. The molecule has 0 aromatic carbocycles. The Labute approximate surface area is 113 Å². The van der Waals surface area contributed by atoms with E-state index in [4.69, 9.17) is 9.94 Å². The van der Waals surface area contributed by atoms with Crippen molar-refractivity contribution in [3.8, 4) is 0 Å². The van der Waals surface area contributed by atoms with Crippen molar-refractivity contribution < 1.29 is 14.7 Å². The number of anilines is 1. The molecule has 0 bridgehead atoms. The van der Waals surface area contributed by atoms with Crippen LogP contribution in [0.1, 0.15) is 24.2 Å². The monoisotopic (exact) mass is 282 g/mol. The molecule has 2 aromatic heterocycles. The van der Waals surface area contributed by atoms with E-state index in [0.29, 0.717) is 21.8 Å². The average Bonchev–Trinajstić information content (AvgIpc) is 2.84. The SMILES string of the molecule is CCOC(=O)c1cn(CC)c2sc(NO)cc2c1=O. The second-order valence-electron chi connectivity index (χ2n) is 3.82. The number of rotatable bonds is 4. The molecule has 0 saturated heterocycles. The fourth-order valence-electron chi connectivity index (χ4n) is 1.82. The van der Waals surface area contributed by atoms with E-state index >= 15 is 0 Å². The number of carbonyl (C=O) groups excluding carboxylic acids is 1. The van der Waals surface area contributed by atoms with Crippen molar-refractivity contribution >= 4 is 32.5 Å². The van der Waals surface area contributed by atoms with Crippen LogP contribution in [0.15, 0.2) is 17.1 Å². The van der Waals surface area contributed by atoms with Crippen LogP contribution in [0.25, 0.3) is 10.2 Å². The van der Waals surface area contributed by atoms with Crippen molar-refractivity contribution in [2.24, 2.45) is 0 Å². The number of hydrogen-bond acceptors (Lipinski definition) is 6. The fraction of sp³-hybridized carbons (Fsp3) is 0.333. The van der Waals surface area contributed by atoms with Crippen molar-refractivity contribution in [1.82, 2.24) is 4.57 Å².